The lowest BCUT2D eigenvalue weighted by molar-refractivity contribution is -0.128. The molecule has 0 bridgehead atoms. The van der Waals surface area contributed by atoms with Gasteiger partial charge in [0.05, 0.1) is 5.60 Å². The summed E-state index contributed by atoms with van der Waals surface area (Å²) >= 11 is 0. The lowest BCUT2D eigenvalue weighted by atomic mass is 9.97. The Kier molecular flexibility index (Phi) is 5.40. The second-order valence-electron chi connectivity index (χ2n) is 5.07. The molecule has 0 aromatic heterocycles. The summed E-state index contributed by atoms with van der Waals surface area (Å²) in [5, 5.41) is 10.3. The number of carbonyl (C=O) groups is 1. The van der Waals surface area contributed by atoms with Gasteiger partial charge in [0.15, 0.2) is 0 Å². The van der Waals surface area contributed by atoms with Crippen molar-refractivity contribution in [3.8, 4) is 0 Å². The average Bonchev–Trinajstić information content (AvgIpc) is 2.54. The quantitative estimate of drug-likeness (QED) is 0.802. The molecule has 1 amide bonds. The Bertz CT molecular complexity index is 252. The van der Waals surface area contributed by atoms with Crippen LogP contribution in [0.15, 0.2) is 0 Å². The van der Waals surface area contributed by atoms with Crippen LogP contribution in [0.2, 0.25) is 0 Å². The van der Waals surface area contributed by atoms with E-state index in [9.17, 15) is 9.90 Å². The van der Waals surface area contributed by atoms with E-state index >= 15 is 0 Å². The van der Waals surface area contributed by atoms with Crippen LogP contribution in [0.5, 0.6) is 0 Å². The molecule has 0 atom stereocenters. The average molecular weight is 242 g/mol. The molecule has 17 heavy (non-hydrogen) atoms. The molecule has 4 nitrogen and oxygen atoms in total. The molecule has 0 aliphatic carbocycles. The van der Waals surface area contributed by atoms with Gasteiger partial charge in [0, 0.05) is 39.6 Å². The molecule has 0 spiro atoms. The fraction of sp³-hybridized carbons (Fsp3) is 0.923. The Morgan fingerprint density at radius 3 is 2.35 bits per heavy atom. The Morgan fingerprint density at radius 2 is 1.82 bits per heavy atom. The lowest BCUT2D eigenvalue weighted by Gasteiger charge is -2.32. The van der Waals surface area contributed by atoms with Crippen molar-refractivity contribution < 1.29 is 9.90 Å². The summed E-state index contributed by atoms with van der Waals surface area (Å²) in [6.07, 6.45) is 2.58. The Morgan fingerprint density at radius 1 is 1.18 bits per heavy atom. The number of β-amino-alcohol motifs (C(OH)–C–C–N with tert-alkyl or cyclic N) is 1. The monoisotopic (exact) mass is 242 g/mol. The number of hydrogen-bond donors (Lipinski definition) is 1. The fourth-order valence-corrected chi connectivity index (χ4v) is 2.33. The molecule has 100 valence electrons. The number of hydrogen-bond acceptors (Lipinski definition) is 3. The predicted octanol–water partition coefficient (Wildman–Crippen LogP) is 1.09. The normalized spacial score (nSPS) is 19.2. The third-order valence-corrected chi connectivity index (χ3v) is 3.87. The molecule has 0 unspecified atom stereocenters. The first kappa shape index (κ1) is 14.5. The van der Waals surface area contributed by atoms with Gasteiger partial charge < -0.3 is 10.0 Å². The maximum absolute atomic E-state index is 11.3. The van der Waals surface area contributed by atoms with Crippen molar-refractivity contribution >= 4 is 5.91 Å². The van der Waals surface area contributed by atoms with E-state index in [2.05, 4.69) is 4.90 Å². The molecule has 1 aliphatic heterocycles. The summed E-state index contributed by atoms with van der Waals surface area (Å²) in [4.78, 5) is 15.5. The van der Waals surface area contributed by atoms with Gasteiger partial charge in [0.2, 0.25) is 5.91 Å². The molecule has 0 aromatic carbocycles. The van der Waals surface area contributed by atoms with Crippen LogP contribution in [0.1, 0.15) is 40.0 Å². The highest BCUT2D eigenvalue weighted by molar-refractivity contribution is 5.73. The second kappa shape index (κ2) is 6.36. The number of aliphatic hydroxyl groups is 1. The van der Waals surface area contributed by atoms with Gasteiger partial charge in [0.25, 0.3) is 0 Å². The van der Waals surface area contributed by atoms with E-state index in [1.165, 1.54) is 0 Å². The third-order valence-electron chi connectivity index (χ3n) is 3.87. The molecule has 1 rings (SSSR count). The number of nitrogens with zero attached hydrogens (tertiary/aromatic N) is 2. The van der Waals surface area contributed by atoms with E-state index in [0.29, 0.717) is 0 Å². The van der Waals surface area contributed by atoms with Crippen LogP contribution in [0.25, 0.3) is 0 Å². The first-order chi connectivity index (χ1) is 8.00. The van der Waals surface area contributed by atoms with Gasteiger partial charge in [-0.2, -0.15) is 0 Å². The summed E-state index contributed by atoms with van der Waals surface area (Å²) in [6.45, 7) is 9.91. The highest BCUT2D eigenvalue weighted by atomic mass is 16.3. The molecular weight excluding hydrogens is 216 g/mol. The Balaban J connectivity index is 2.49. The van der Waals surface area contributed by atoms with Crippen LogP contribution in [-0.2, 0) is 4.79 Å². The van der Waals surface area contributed by atoms with Gasteiger partial charge in [-0.25, -0.2) is 0 Å². The minimum absolute atomic E-state index is 0.160. The highest BCUT2D eigenvalue weighted by Crippen LogP contribution is 2.17. The van der Waals surface area contributed by atoms with E-state index in [1.807, 2.05) is 18.7 Å². The second-order valence-corrected chi connectivity index (χ2v) is 5.07. The molecule has 1 N–H and O–H groups in total. The summed E-state index contributed by atoms with van der Waals surface area (Å²) < 4.78 is 0. The van der Waals surface area contributed by atoms with E-state index in [0.717, 1.165) is 52.0 Å². The van der Waals surface area contributed by atoms with Gasteiger partial charge in [-0.1, -0.05) is 13.8 Å². The van der Waals surface area contributed by atoms with Gasteiger partial charge in [-0.3, -0.25) is 9.69 Å². The smallest absolute Gasteiger partial charge is 0.219 e. The standard InChI is InChI=1S/C13H26N2O2/c1-4-13(17,5-2)11-14-7-6-8-15(10-9-14)12(3)16/h17H,4-11H2,1-3H3. The molecule has 1 fully saturated rings. The summed E-state index contributed by atoms with van der Waals surface area (Å²) in [5.41, 5.74) is -0.564. The van der Waals surface area contributed by atoms with Crippen molar-refractivity contribution in [1.82, 2.24) is 9.80 Å². The first-order valence-corrected chi connectivity index (χ1v) is 6.71. The first-order valence-electron chi connectivity index (χ1n) is 6.71. The Hall–Kier alpha value is -0.610. The number of rotatable bonds is 4. The minimum atomic E-state index is -0.564. The van der Waals surface area contributed by atoms with E-state index in [4.69, 9.17) is 0 Å². The van der Waals surface area contributed by atoms with Crippen molar-refractivity contribution in [3.63, 3.8) is 0 Å². The van der Waals surface area contributed by atoms with Crippen molar-refractivity contribution in [2.45, 2.75) is 45.6 Å². The third kappa shape index (κ3) is 4.28. The van der Waals surface area contributed by atoms with Gasteiger partial charge in [0.1, 0.15) is 0 Å². The molecule has 0 aromatic rings. The van der Waals surface area contributed by atoms with Gasteiger partial charge in [-0.05, 0) is 19.3 Å². The summed E-state index contributed by atoms with van der Waals surface area (Å²) in [7, 11) is 0. The van der Waals surface area contributed by atoms with E-state index < -0.39 is 5.60 Å². The van der Waals surface area contributed by atoms with Crippen LogP contribution in [0.4, 0.5) is 0 Å². The zero-order valence-electron chi connectivity index (χ0n) is 11.4. The van der Waals surface area contributed by atoms with Crippen molar-refractivity contribution in [3.05, 3.63) is 0 Å². The van der Waals surface area contributed by atoms with Gasteiger partial charge >= 0.3 is 0 Å². The SMILES string of the molecule is CCC(O)(CC)CN1CCCN(C(C)=O)CC1. The largest absolute Gasteiger partial charge is 0.389 e. The zero-order chi connectivity index (χ0) is 12.9. The van der Waals surface area contributed by atoms with Crippen LogP contribution in [-0.4, -0.2) is 59.1 Å². The molecular formula is C13H26N2O2. The molecule has 0 saturated carbocycles. The molecule has 1 saturated heterocycles. The molecule has 1 heterocycles. The minimum Gasteiger partial charge on any atom is -0.389 e. The zero-order valence-corrected chi connectivity index (χ0v) is 11.4. The van der Waals surface area contributed by atoms with Crippen LogP contribution < -0.4 is 0 Å². The predicted molar refractivity (Wildman–Crippen MR) is 68.8 cm³/mol. The maximum Gasteiger partial charge on any atom is 0.219 e. The van der Waals surface area contributed by atoms with Crippen molar-refractivity contribution in [2.24, 2.45) is 0 Å². The molecule has 1 aliphatic rings. The fourth-order valence-electron chi connectivity index (χ4n) is 2.33. The van der Waals surface area contributed by atoms with Crippen molar-refractivity contribution in [1.29, 1.82) is 0 Å². The lowest BCUT2D eigenvalue weighted by Crippen LogP contribution is -2.44. The van der Waals surface area contributed by atoms with Crippen LogP contribution in [0.3, 0.4) is 0 Å². The Labute approximate surface area is 105 Å². The van der Waals surface area contributed by atoms with Crippen LogP contribution in [0, 0.1) is 0 Å². The maximum atomic E-state index is 11.3. The van der Waals surface area contributed by atoms with Gasteiger partial charge in [-0.15, -0.1) is 0 Å². The topological polar surface area (TPSA) is 43.8 Å². The molecule has 4 heteroatoms. The molecule has 0 radical (unpaired) electrons. The number of amides is 1. The summed E-state index contributed by atoms with van der Waals surface area (Å²) in [5.74, 6) is 0.160. The van der Waals surface area contributed by atoms with E-state index in [1.54, 1.807) is 6.92 Å². The number of carbonyl (C=O) groups excluding carboxylic acids is 1. The van der Waals surface area contributed by atoms with Crippen LogP contribution >= 0.6 is 0 Å². The van der Waals surface area contributed by atoms with E-state index in [-0.39, 0.29) is 5.91 Å². The van der Waals surface area contributed by atoms with Crippen molar-refractivity contribution in [2.75, 3.05) is 32.7 Å². The highest BCUT2D eigenvalue weighted by Gasteiger charge is 2.26. The summed E-state index contributed by atoms with van der Waals surface area (Å²) in [6, 6.07) is 0.